The van der Waals surface area contributed by atoms with Crippen LogP contribution >= 0.6 is 11.8 Å². The fraction of sp³-hybridized carbons (Fsp3) is 0.214. The maximum absolute atomic E-state index is 14.3. The summed E-state index contributed by atoms with van der Waals surface area (Å²) in [5, 5.41) is 10.7. The van der Waals surface area contributed by atoms with Gasteiger partial charge >= 0.3 is 0 Å². The monoisotopic (exact) mass is 501 g/mol. The molecular weight excluding hydrogens is 477 g/mol. The summed E-state index contributed by atoms with van der Waals surface area (Å²) in [4.78, 5) is 16.6. The zero-order chi connectivity index (χ0) is 25.1. The van der Waals surface area contributed by atoms with E-state index in [1.54, 1.807) is 35.1 Å². The third-order valence-corrected chi connectivity index (χ3v) is 7.47. The Morgan fingerprint density at radius 1 is 1.08 bits per heavy atom. The number of anilines is 1. The van der Waals surface area contributed by atoms with Gasteiger partial charge in [-0.05, 0) is 35.4 Å². The quantitative estimate of drug-likeness (QED) is 0.436. The SMILES string of the molecule is COc1cc([C@@H]2CC(=O)N3CN(c4ccccc4F)CSC3=C2C#N)ccc1OCc1ccccc1. The highest BCUT2D eigenvalue weighted by Crippen LogP contribution is 2.44. The largest absolute Gasteiger partial charge is 0.493 e. The van der Waals surface area contributed by atoms with E-state index in [1.807, 2.05) is 48.5 Å². The van der Waals surface area contributed by atoms with Gasteiger partial charge in [-0.3, -0.25) is 9.69 Å². The Kier molecular flexibility index (Phi) is 6.83. The van der Waals surface area contributed by atoms with Crippen molar-refractivity contribution in [3.05, 3.63) is 100 Å². The molecule has 2 aliphatic heterocycles. The molecule has 1 amide bonds. The van der Waals surface area contributed by atoms with E-state index in [4.69, 9.17) is 9.47 Å². The molecule has 1 atom stereocenters. The molecule has 0 N–H and O–H groups in total. The van der Waals surface area contributed by atoms with Crippen molar-refractivity contribution in [1.29, 1.82) is 5.26 Å². The number of nitrogens with zero attached hydrogens (tertiary/aromatic N) is 3. The second-order valence-corrected chi connectivity index (χ2v) is 9.43. The molecule has 2 heterocycles. The molecule has 0 aliphatic carbocycles. The smallest absolute Gasteiger partial charge is 0.229 e. The van der Waals surface area contributed by atoms with Crippen LogP contribution in [0.5, 0.6) is 11.5 Å². The number of para-hydroxylation sites is 1. The number of halogens is 1. The van der Waals surface area contributed by atoms with Crippen molar-refractivity contribution in [3.63, 3.8) is 0 Å². The Balaban J connectivity index is 1.40. The van der Waals surface area contributed by atoms with Crippen LogP contribution in [0.15, 0.2) is 83.4 Å². The molecule has 3 aromatic carbocycles. The van der Waals surface area contributed by atoms with Crippen LogP contribution in [0.25, 0.3) is 0 Å². The van der Waals surface area contributed by atoms with Crippen molar-refractivity contribution >= 4 is 23.4 Å². The molecular formula is C28H24FN3O3S. The van der Waals surface area contributed by atoms with Gasteiger partial charge in [-0.1, -0.05) is 60.3 Å². The number of nitriles is 1. The van der Waals surface area contributed by atoms with Crippen LogP contribution < -0.4 is 14.4 Å². The number of carbonyl (C=O) groups is 1. The van der Waals surface area contributed by atoms with Crippen LogP contribution in [0.2, 0.25) is 0 Å². The van der Waals surface area contributed by atoms with E-state index in [2.05, 4.69) is 6.07 Å². The van der Waals surface area contributed by atoms with Crippen LogP contribution in [0.1, 0.15) is 23.5 Å². The van der Waals surface area contributed by atoms with Crippen LogP contribution in [-0.2, 0) is 11.4 Å². The maximum atomic E-state index is 14.3. The van der Waals surface area contributed by atoms with E-state index in [9.17, 15) is 14.4 Å². The number of fused-ring (bicyclic) bond motifs is 1. The topological polar surface area (TPSA) is 65.8 Å². The summed E-state index contributed by atoms with van der Waals surface area (Å²) in [6.07, 6.45) is 0.144. The van der Waals surface area contributed by atoms with E-state index in [0.29, 0.717) is 40.3 Å². The van der Waals surface area contributed by atoms with Gasteiger partial charge in [-0.25, -0.2) is 4.39 Å². The number of rotatable bonds is 6. The molecule has 36 heavy (non-hydrogen) atoms. The molecule has 182 valence electrons. The molecule has 0 unspecified atom stereocenters. The highest BCUT2D eigenvalue weighted by molar-refractivity contribution is 8.03. The molecule has 1 fully saturated rings. The van der Waals surface area contributed by atoms with Crippen molar-refractivity contribution in [1.82, 2.24) is 4.90 Å². The van der Waals surface area contributed by atoms with E-state index in [0.717, 1.165) is 11.1 Å². The van der Waals surface area contributed by atoms with Gasteiger partial charge in [0.2, 0.25) is 5.91 Å². The Hall–Kier alpha value is -3.96. The molecule has 8 heteroatoms. The average molecular weight is 502 g/mol. The van der Waals surface area contributed by atoms with Gasteiger partial charge < -0.3 is 14.4 Å². The summed E-state index contributed by atoms with van der Waals surface area (Å²) in [6.45, 7) is 0.603. The fourth-order valence-electron chi connectivity index (χ4n) is 4.46. The zero-order valence-corrected chi connectivity index (χ0v) is 20.5. The van der Waals surface area contributed by atoms with Gasteiger partial charge in [0, 0.05) is 12.3 Å². The number of hydrogen-bond acceptors (Lipinski definition) is 6. The lowest BCUT2D eigenvalue weighted by Crippen LogP contribution is -2.47. The Labute approximate surface area is 213 Å². The summed E-state index contributed by atoms with van der Waals surface area (Å²) >= 11 is 1.38. The fourth-order valence-corrected chi connectivity index (χ4v) is 5.62. The molecule has 0 radical (unpaired) electrons. The second-order valence-electron chi connectivity index (χ2n) is 8.50. The first-order valence-corrected chi connectivity index (χ1v) is 12.5. The van der Waals surface area contributed by atoms with Crippen molar-refractivity contribution in [2.24, 2.45) is 0 Å². The summed E-state index contributed by atoms with van der Waals surface area (Å²) in [5.74, 6) is 0.738. The second kappa shape index (κ2) is 10.3. The normalized spacial score (nSPS) is 17.5. The number of ether oxygens (including phenoxy) is 2. The van der Waals surface area contributed by atoms with E-state index in [-0.39, 0.29) is 24.8 Å². The van der Waals surface area contributed by atoms with Gasteiger partial charge in [-0.15, -0.1) is 0 Å². The lowest BCUT2D eigenvalue weighted by atomic mass is 9.86. The summed E-state index contributed by atoms with van der Waals surface area (Å²) in [5.41, 5.74) is 2.83. The molecule has 2 aliphatic rings. The number of amides is 1. The Bertz CT molecular complexity index is 1360. The minimum atomic E-state index is -0.390. The average Bonchev–Trinajstić information content (AvgIpc) is 2.92. The van der Waals surface area contributed by atoms with Gasteiger partial charge in [0.05, 0.1) is 42.0 Å². The highest BCUT2D eigenvalue weighted by atomic mass is 32.2. The third-order valence-electron chi connectivity index (χ3n) is 6.31. The van der Waals surface area contributed by atoms with E-state index in [1.165, 1.54) is 17.8 Å². The summed E-state index contributed by atoms with van der Waals surface area (Å²) < 4.78 is 25.9. The summed E-state index contributed by atoms with van der Waals surface area (Å²) in [7, 11) is 1.57. The molecule has 0 aromatic heterocycles. The first-order valence-electron chi connectivity index (χ1n) is 11.5. The van der Waals surface area contributed by atoms with Crippen LogP contribution in [0.3, 0.4) is 0 Å². The molecule has 3 aromatic rings. The lowest BCUT2D eigenvalue weighted by molar-refractivity contribution is -0.129. The minimum absolute atomic E-state index is 0.106. The van der Waals surface area contributed by atoms with Gasteiger partial charge in [-0.2, -0.15) is 5.26 Å². The van der Waals surface area contributed by atoms with Gasteiger partial charge in [0.15, 0.2) is 11.5 Å². The predicted octanol–water partition coefficient (Wildman–Crippen LogP) is 5.63. The molecule has 5 rings (SSSR count). The van der Waals surface area contributed by atoms with Gasteiger partial charge in [0.25, 0.3) is 0 Å². The van der Waals surface area contributed by atoms with Crippen molar-refractivity contribution in [3.8, 4) is 17.6 Å². The predicted molar refractivity (Wildman–Crippen MR) is 137 cm³/mol. The van der Waals surface area contributed by atoms with Crippen molar-refractivity contribution in [2.45, 2.75) is 18.9 Å². The first-order chi connectivity index (χ1) is 17.6. The Morgan fingerprint density at radius 3 is 2.61 bits per heavy atom. The van der Waals surface area contributed by atoms with Crippen molar-refractivity contribution < 1.29 is 18.7 Å². The van der Waals surface area contributed by atoms with E-state index < -0.39 is 5.92 Å². The van der Waals surface area contributed by atoms with Crippen LogP contribution in [-0.4, -0.2) is 30.5 Å². The number of methoxy groups -OCH3 is 1. The zero-order valence-electron chi connectivity index (χ0n) is 19.7. The van der Waals surface area contributed by atoms with Crippen LogP contribution in [0.4, 0.5) is 10.1 Å². The van der Waals surface area contributed by atoms with Crippen molar-refractivity contribution in [2.75, 3.05) is 24.6 Å². The Morgan fingerprint density at radius 2 is 1.86 bits per heavy atom. The standard InChI is InChI=1S/C28H24FN3O3S/c1-34-26-13-20(11-12-25(26)35-16-19-7-3-2-4-8-19)21-14-27(33)32-17-31(18-36-28(32)22(21)15-30)24-10-6-5-9-23(24)29/h2-13,21H,14,16-18H2,1H3/t21-/m0/s1. The number of hydrogen-bond donors (Lipinski definition) is 0. The lowest BCUT2D eigenvalue weighted by Gasteiger charge is -2.42. The van der Waals surface area contributed by atoms with E-state index >= 15 is 0 Å². The number of carbonyl (C=O) groups excluding carboxylic acids is 1. The molecule has 0 bridgehead atoms. The summed E-state index contributed by atoms with van der Waals surface area (Å²) in [6, 6.07) is 24.2. The van der Waals surface area contributed by atoms with Gasteiger partial charge in [0.1, 0.15) is 12.4 Å². The number of benzene rings is 3. The van der Waals surface area contributed by atoms with Crippen LogP contribution in [0, 0.1) is 17.1 Å². The first kappa shape index (κ1) is 23.8. The number of allylic oxidation sites excluding steroid dienone is 1. The number of thioether (sulfide) groups is 1. The molecule has 1 saturated heterocycles. The third kappa shape index (κ3) is 4.62. The highest BCUT2D eigenvalue weighted by Gasteiger charge is 2.39. The minimum Gasteiger partial charge on any atom is -0.493 e. The molecule has 0 spiro atoms. The molecule has 0 saturated carbocycles. The molecule has 6 nitrogen and oxygen atoms in total. The maximum Gasteiger partial charge on any atom is 0.229 e.